The normalized spacial score (nSPS) is 13.8. The van der Waals surface area contributed by atoms with Crippen molar-refractivity contribution >= 4 is 0 Å². The van der Waals surface area contributed by atoms with E-state index in [2.05, 4.69) is 12.2 Å². The van der Waals surface area contributed by atoms with Crippen molar-refractivity contribution in [2.24, 2.45) is 0 Å². The van der Waals surface area contributed by atoms with E-state index in [-0.39, 0.29) is 6.04 Å². The van der Waals surface area contributed by atoms with Crippen LogP contribution in [0.25, 0.3) is 0 Å². The number of hydrogen-bond acceptors (Lipinski definition) is 1. The first-order valence-electron chi connectivity index (χ1n) is 5.77. The summed E-state index contributed by atoms with van der Waals surface area (Å²) in [6, 6.07) is 3.99. The first-order chi connectivity index (χ1) is 7.86. The van der Waals surface area contributed by atoms with Crippen molar-refractivity contribution in [2.45, 2.75) is 39.4 Å². The lowest BCUT2D eigenvalue weighted by atomic mass is 9.99. The minimum absolute atomic E-state index is 0.0808. The summed E-state index contributed by atoms with van der Waals surface area (Å²) in [6.07, 6.45) is -3.26. The fraction of sp³-hybridized carbons (Fsp3) is 0.538. The summed E-state index contributed by atoms with van der Waals surface area (Å²) < 4.78 is 37.5. The van der Waals surface area contributed by atoms with Crippen LogP contribution in [-0.4, -0.2) is 6.54 Å². The highest BCUT2D eigenvalue weighted by molar-refractivity contribution is 5.34. The lowest BCUT2D eigenvalue weighted by molar-refractivity contribution is -0.137. The molecule has 0 heterocycles. The lowest BCUT2D eigenvalue weighted by Crippen LogP contribution is -2.20. The third kappa shape index (κ3) is 3.73. The fourth-order valence-corrected chi connectivity index (χ4v) is 1.81. The molecule has 0 saturated carbocycles. The molecule has 1 aromatic rings. The minimum Gasteiger partial charge on any atom is -0.310 e. The molecule has 0 bridgehead atoms. The van der Waals surface area contributed by atoms with Gasteiger partial charge in [-0.15, -0.1) is 0 Å². The molecule has 0 spiro atoms. The van der Waals surface area contributed by atoms with Gasteiger partial charge in [-0.2, -0.15) is 13.2 Å². The van der Waals surface area contributed by atoms with E-state index in [4.69, 9.17) is 0 Å². The van der Waals surface area contributed by atoms with Crippen molar-refractivity contribution in [3.8, 4) is 0 Å². The third-order valence-electron chi connectivity index (χ3n) is 2.76. The van der Waals surface area contributed by atoms with Crippen LogP contribution in [0.4, 0.5) is 13.2 Å². The van der Waals surface area contributed by atoms with E-state index in [0.29, 0.717) is 5.56 Å². The van der Waals surface area contributed by atoms with Gasteiger partial charge < -0.3 is 5.32 Å². The van der Waals surface area contributed by atoms with Gasteiger partial charge in [0.05, 0.1) is 5.56 Å². The monoisotopic (exact) mass is 245 g/mol. The summed E-state index contributed by atoms with van der Waals surface area (Å²) >= 11 is 0. The number of halogens is 3. The predicted molar refractivity (Wildman–Crippen MR) is 62.9 cm³/mol. The van der Waals surface area contributed by atoms with Crippen LogP contribution in [-0.2, 0) is 6.18 Å². The van der Waals surface area contributed by atoms with Gasteiger partial charge in [-0.25, -0.2) is 0 Å². The van der Waals surface area contributed by atoms with E-state index < -0.39 is 11.7 Å². The second-order valence-electron chi connectivity index (χ2n) is 4.24. The molecular formula is C13H18F3N. The molecule has 17 heavy (non-hydrogen) atoms. The summed E-state index contributed by atoms with van der Waals surface area (Å²) in [5, 5.41) is 3.27. The highest BCUT2D eigenvalue weighted by Crippen LogP contribution is 2.31. The summed E-state index contributed by atoms with van der Waals surface area (Å²) in [6.45, 7) is 6.60. The topological polar surface area (TPSA) is 12.0 Å². The highest BCUT2D eigenvalue weighted by Gasteiger charge is 2.30. The van der Waals surface area contributed by atoms with Gasteiger partial charge in [0.2, 0.25) is 0 Å². The van der Waals surface area contributed by atoms with Crippen LogP contribution in [0.2, 0.25) is 0 Å². The SMILES string of the molecule is CCCNC(C)c1ccc(C(F)(F)F)cc1C. The number of hydrogen-bond donors (Lipinski definition) is 1. The van der Waals surface area contributed by atoms with Crippen LogP contribution in [0, 0.1) is 6.92 Å². The van der Waals surface area contributed by atoms with Crippen molar-refractivity contribution in [1.82, 2.24) is 5.32 Å². The maximum Gasteiger partial charge on any atom is 0.416 e. The van der Waals surface area contributed by atoms with E-state index in [0.717, 1.165) is 24.6 Å². The highest BCUT2D eigenvalue weighted by atomic mass is 19.4. The Morgan fingerprint density at radius 2 is 1.94 bits per heavy atom. The smallest absolute Gasteiger partial charge is 0.310 e. The van der Waals surface area contributed by atoms with Crippen molar-refractivity contribution in [2.75, 3.05) is 6.54 Å². The van der Waals surface area contributed by atoms with Crippen LogP contribution in [0.5, 0.6) is 0 Å². The van der Waals surface area contributed by atoms with Crippen LogP contribution in [0.15, 0.2) is 18.2 Å². The Kier molecular flexibility index (Phi) is 4.57. The Morgan fingerprint density at radius 1 is 1.29 bits per heavy atom. The predicted octanol–water partition coefficient (Wildman–Crippen LogP) is 4.07. The number of alkyl halides is 3. The standard InChI is InChI=1S/C13H18F3N/c1-4-7-17-10(3)12-6-5-11(8-9(12)2)13(14,15)16/h5-6,8,10,17H,4,7H2,1-3H3. The molecule has 0 fully saturated rings. The van der Waals surface area contributed by atoms with E-state index in [1.54, 1.807) is 13.0 Å². The van der Waals surface area contributed by atoms with Crippen molar-refractivity contribution < 1.29 is 13.2 Å². The summed E-state index contributed by atoms with van der Waals surface area (Å²) in [5.74, 6) is 0. The molecular weight excluding hydrogens is 227 g/mol. The maximum atomic E-state index is 12.5. The number of aryl methyl sites for hydroxylation is 1. The molecule has 1 rings (SSSR count). The molecule has 1 N–H and O–H groups in total. The summed E-state index contributed by atoms with van der Waals surface area (Å²) in [5.41, 5.74) is 1.02. The van der Waals surface area contributed by atoms with Gasteiger partial charge in [0, 0.05) is 6.04 Å². The molecule has 0 radical (unpaired) electrons. The van der Waals surface area contributed by atoms with Crippen LogP contribution >= 0.6 is 0 Å². The van der Waals surface area contributed by atoms with E-state index in [1.165, 1.54) is 6.07 Å². The van der Waals surface area contributed by atoms with Gasteiger partial charge in [-0.05, 0) is 50.1 Å². The van der Waals surface area contributed by atoms with Gasteiger partial charge >= 0.3 is 6.18 Å². The average molecular weight is 245 g/mol. The Morgan fingerprint density at radius 3 is 2.41 bits per heavy atom. The van der Waals surface area contributed by atoms with Crippen LogP contribution in [0.3, 0.4) is 0 Å². The van der Waals surface area contributed by atoms with E-state index in [1.807, 2.05) is 6.92 Å². The summed E-state index contributed by atoms with van der Waals surface area (Å²) in [4.78, 5) is 0. The second-order valence-corrected chi connectivity index (χ2v) is 4.24. The molecule has 0 aliphatic carbocycles. The summed E-state index contributed by atoms with van der Waals surface area (Å²) in [7, 11) is 0. The first kappa shape index (κ1) is 14.0. The largest absolute Gasteiger partial charge is 0.416 e. The average Bonchev–Trinajstić information content (AvgIpc) is 2.24. The zero-order chi connectivity index (χ0) is 13.1. The number of benzene rings is 1. The third-order valence-corrected chi connectivity index (χ3v) is 2.76. The molecule has 1 unspecified atom stereocenters. The van der Waals surface area contributed by atoms with Crippen LogP contribution < -0.4 is 5.32 Å². The van der Waals surface area contributed by atoms with Crippen LogP contribution in [0.1, 0.15) is 43.0 Å². The van der Waals surface area contributed by atoms with Gasteiger partial charge in [0.25, 0.3) is 0 Å². The molecule has 0 saturated heterocycles. The number of rotatable bonds is 4. The Bertz CT molecular complexity index is 371. The molecule has 1 aromatic carbocycles. The Balaban J connectivity index is 2.90. The molecule has 1 atom stereocenters. The van der Waals surface area contributed by atoms with Crippen molar-refractivity contribution in [3.63, 3.8) is 0 Å². The molecule has 1 nitrogen and oxygen atoms in total. The Hall–Kier alpha value is -1.03. The van der Waals surface area contributed by atoms with E-state index in [9.17, 15) is 13.2 Å². The van der Waals surface area contributed by atoms with Gasteiger partial charge in [0.15, 0.2) is 0 Å². The molecule has 0 aromatic heterocycles. The van der Waals surface area contributed by atoms with E-state index >= 15 is 0 Å². The fourth-order valence-electron chi connectivity index (χ4n) is 1.81. The molecule has 4 heteroatoms. The van der Waals surface area contributed by atoms with Gasteiger partial charge in [0.1, 0.15) is 0 Å². The Labute approximate surface area is 100 Å². The minimum atomic E-state index is -4.26. The first-order valence-corrected chi connectivity index (χ1v) is 5.77. The maximum absolute atomic E-state index is 12.5. The van der Waals surface area contributed by atoms with Gasteiger partial charge in [-0.1, -0.05) is 13.0 Å². The second kappa shape index (κ2) is 5.54. The molecule has 0 aliphatic heterocycles. The van der Waals surface area contributed by atoms with Crippen molar-refractivity contribution in [3.05, 3.63) is 34.9 Å². The number of nitrogens with one attached hydrogen (secondary N) is 1. The quantitative estimate of drug-likeness (QED) is 0.843. The van der Waals surface area contributed by atoms with Gasteiger partial charge in [-0.3, -0.25) is 0 Å². The molecule has 96 valence electrons. The van der Waals surface area contributed by atoms with Crippen molar-refractivity contribution in [1.29, 1.82) is 0 Å². The molecule has 0 amide bonds. The zero-order valence-electron chi connectivity index (χ0n) is 10.4. The zero-order valence-corrected chi connectivity index (χ0v) is 10.4. The molecule has 0 aliphatic rings. The lowest BCUT2D eigenvalue weighted by Gasteiger charge is -2.17.